The van der Waals surface area contributed by atoms with Gasteiger partial charge in [0.25, 0.3) is 0 Å². The molecule has 0 heterocycles. The van der Waals surface area contributed by atoms with Crippen LogP contribution in [0.3, 0.4) is 0 Å². The number of carbonyl (C=O) groups excluding carboxylic acids is 1. The van der Waals surface area contributed by atoms with Crippen LogP contribution in [0.1, 0.15) is 19.8 Å². The van der Waals surface area contributed by atoms with Gasteiger partial charge in [-0.05, 0) is 19.8 Å². The van der Waals surface area contributed by atoms with Crippen molar-refractivity contribution in [3.8, 4) is 0 Å². The Morgan fingerprint density at radius 3 is 2.50 bits per heavy atom. The largest absolute Gasteiger partial charge is 0.480 e. The Bertz CT molecular complexity index is 300. The molecule has 1 unspecified atom stereocenters. The van der Waals surface area contributed by atoms with Gasteiger partial charge in [-0.25, -0.2) is 9.59 Å². The van der Waals surface area contributed by atoms with E-state index in [0.29, 0.717) is 6.54 Å². The van der Waals surface area contributed by atoms with Crippen LogP contribution in [0.5, 0.6) is 0 Å². The molecular weight excluding hydrogens is 208 g/mol. The maximum Gasteiger partial charge on any atom is 0.326 e. The maximum atomic E-state index is 12.0. The van der Waals surface area contributed by atoms with E-state index in [4.69, 9.17) is 5.11 Å². The first-order valence-corrected chi connectivity index (χ1v) is 5.36. The van der Waals surface area contributed by atoms with Crippen molar-refractivity contribution >= 4 is 12.0 Å². The van der Waals surface area contributed by atoms with Gasteiger partial charge in [0.1, 0.15) is 6.04 Å². The monoisotopic (exact) mass is 226 g/mol. The molecular formula is C11H18N2O3. The first-order valence-electron chi connectivity index (χ1n) is 5.36. The smallest absolute Gasteiger partial charge is 0.326 e. The number of amides is 2. The zero-order valence-electron chi connectivity index (χ0n) is 9.72. The number of hydrogen-bond donors (Lipinski definition) is 1. The number of carboxylic acids is 1. The van der Waals surface area contributed by atoms with Crippen LogP contribution >= 0.6 is 0 Å². The van der Waals surface area contributed by atoms with Gasteiger partial charge in [0.2, 0.25) is 0 Å². The average Bonchev–Trinajstić information content (AvgIpc) is 3.06. The summed E-state index contributed by atoms with van der Waals surface area (Å²) in [5, 5.41) is 8.83. The van der Waals surface area contributed by atoms with Gasteiger partial charge in [-0.2, -0.15) is 0 Å². The molecule has 0 radical (unpaired) electrons. The van der Waals surface area contributed by atoms with Crippen LogP contribution < -0.4 is 0 Å². The minimum atomic E-state index is -0.995. The first kappa shape index (κ1) is 12.5. The SMILES string of the molecule is C=CCN(C(=O)N(C)C(C)C(=O)O)C1CC1. The van der Waals surface area contributed by atoms with Crippen LogP contribution in [0.4, 0.5) is 4.79 Å². The van der Waals surface area contributed by atoms with Crippen LogP contribution in [-0.2, 0) is 4.79 Å². The van der Waals surface area contributed by atoms with Crippen LogP contribution in [0.15, 0.2) is 12.7 Å². The molecule has 1 atom stereocenters. The highest BCUT2D eigenvalue weighted by Crippen LogP contribution is 2.27. The summed E-state index contributed by atoms with van der Waals surface area (Å²) in [5.74, 6) is -0.995. The lowest BCUT2D eigenvalue weighted by Gasteiger charge is -2.29. The van der Waals surface area contributed by atoms with Gasteiger partial charge in [-0.15, -0.1) is 6.58 Å². The molecule has 0 bridgehead atoms. The van der Waals surface area contributed by atoms with Gasteiger partial charge in [0.05, 0.1) is 0 Å². The lowest BCUT2D eigenvalue weighted by Crippen LogP contribution is -2.48. The standard InChI is InChI=1S/C11H18N2O3/c1-4-7-13(9-5-6-9)11(16)12(3)8(2)10(14)15/h4,8-9H,1,5-7H2,2-3H3,(H,14,15). The predicted molar refractivity (Wildman–Crippen MR) is 60.2 cm³/mol. The molecule has 1 fully saturated rings. The van der Waals surface area contributed by atoms with Crippen molar-refractivity contribution in [3.05, 3.63) is 12.7 Å². The summed E-state index contributed by atoms with van der Waals surface area (Å²) in [6, 6.07) is -0.787. The maximum absolute atomic E-state index is 12.0. The minimum absolute atomic E-state index is 0.239. The van der Waals surface area contributed by atoms with E-state index in [0.717, 1.165) is 12.8 Å². The van der Waals surface area contributed by atoms with Crippen molar-refractivity contribution in [1.82, 2.24) is 9.80 Å². The fraction of sp³-hybridized carbons (Fsp3) is 0.636. The molecule has 0 aliphatic heterocycles. The molecule has 1 N–H and O–H groups in total. The lowest BCUT2D eigenvalue weighted by molar-refractivity contribution is -0.141. The van der Waals surface area contributed by atoms with E-state index in [1.54, 1.807) is 11.0 Å². The first-order chi connectivity index (χ1) is 7.49. The number of urea groups is 1. The van der Waals surface area contributed by atoms with Gasteiger partial charge in [-0.1, -0.05) is 6.08 Å². The molecule has 0 aromatic heterocycles. The molecule has 0 aromatic rings. The molecule has 5 nitrogen and oxygen atoms in total. The zero-order chi connectivity index (χ0) is 12.3. The van der Waals surface area contributed by atoms with Crippen molar-refractivity contribution in [2.75, 3.05) is 13.6 Å². The number of nitrogens with zero attached hydrogens (tertiary/aromatic N) is 2. The highest BCUT2D eigenvalue weighted by Gasteiger charge is 2.35. The normalized spacial score (nSPS) is 16.4. The summed E-state index contributed by atoms with van der Waals surface area (Å²) in [4.78, 5) is 25.7. The molecule has 0 aromatic carbocycles. The quantitative estimate of drug-likeness (QED) is 0.716. The second-order valence-corrected chi connectivity index (χ2v) is 4.08. The number of aliphatic carboxylic acids is 1. The van der Waals surface area contributed by atoms with Gasteiger partial charge in [-0.3, -0.25) is 0 Å². The van der Waals surface area contributed by atoms with Crippen LogP contribution in [0.2, 0.25) is 0 Å². The van der Waals surface area contributed by atoms with Gasteiger partial charge >= 0.3 is 12.0 Å². The van der Waals surface area contributed by atoms with Crippen molar-refractivity contribution in [1.29, 1.82) is 0 Å². The third-order valence-corrected chi connectivity index (χ3v) is 2.80. The molecule has 1 saturated carbocycles. The van der Waals surface area contributed by atoms with Gasteiger partial charge < -0.3 is 14.9 Å². The summed E-state index contributed by atoms with van der Waals surface area (Å²) in [6.45, 7) is 5.58. The molecule has 1 aliphatic carbocycles. The van der Waals surface area contributed by atoms with Crippen molar-refractivity contribution in [2.45, 2.75) is 31.8 Å². The van der Waals surface area contributed by atoms with Gasteiger partial charge in [0, 0.05) is 19.6 Å². The number of carboxylic acid groups (broad SMARTS) is 1. The number of likely N-dealkylation sites (N-methyl/N-ethyl adjacent to an activating group) is 1. The van der Waals surface area contributed by atoms with E-state index in [-0.39, 0.29) is 12.1 Å². The van der Waals surface area contributed by atoms with Crippen LogP contribution in [0.25, 0.3) is 0 Å². The second kappa shape index (κ2) is 5.01. The Labute approximate surface area is 95.3 Å². The van der Waals surface area contributed by atoms with E-state index in [1.165, 1.54) is 18.9 Å². The van der Waals surface area contributed by atoms with E-state index in [1.807, 2.05) is 0 Å². The predicted octanol–water partition coefficient (Wildman–Crippen LogP) is 1.16. The lowest BCUT2D eigenvalue weighted by atomic mass is 10.3. The fourth-order valence-electron chi connectivity index (χ4n) is 1.44. The summed E-state index contributed by atoms with van der Waals surface area (Å²) >= 11 is 0. The average molecular weight is 226 g/mol. The Kier molecular flexibility index (Phi) is 3.93. The summed E-state index contributed by atoms with van der Waals surface area (Å²) in [6.07, 6.45) is 3.65. The topological polar surface area (TPSA) is 60.9 Å². The van der Waals surface area contributed by atoms with E-state index < -0.39 is 12.0 Å². The van der Waals surface area contributed by atoms with Crippen LogP contribution in [-0.4, -0.2) is 52.6 Å². The molecule has 2 amide bonds. The molecule has 1 aliphatic rings. The van der Waals surface area contributed by atoms with E-state index >= 15 is 0 Å². The molecule has 90 valence electrons. The summed E-state index contributed by atoms with van der Waals surface area (Å²) in [5.41, 5.74) is 0. The number of carbonyl (C=O) groups is 2. The molecule has 16 heavy (non-hydrogen) atoms. The highest BCUT2D eigenvalue weighted by molar-refractivity contribution is 5.82. The van der Waals surface area contributed by atoms with E-state index in [2.05, 4.69) is 6.58 Å². The molecule has 0 saturated heterocycles. The third kappa shape index (κ3) is 2.74. The zero-order valence-corrected chi connectivity index (χ0v) is 9.72. The van der Waals surface area contributed by atoms with Crippen molar-refractivity contribution < 1.29 is 14.7 Å². The minimum Gasteiger partial charge on any atom is -0.480 e. The van der Waals surface area contributed by atoms with Crippen molar-refractivity contribution in [3.63, 3.8) is 0 Å². The number of hydrogen-bond acceptors (Lipinski definition) is 2. The fourth-order valence-corrected chi connectivity index (χ4v) is 1.44. The summed E-state index contributed by atoms with van der Waals surface area (Å²) in [7, 11) is 1.51. The second-order valence-electron chi connectivity index (χ2n) is 4.08. The number of rotatable bonds is 5. The summed E-state index contributed by atoms with van der Waals surface area (Å²) < 4.78 is 0. The molecule has 0 spiro atoms. The van der Waals surface area contributed by atoms with Crippen molar-refractivity contribution in [2.24, 2.45) is 0 Å². The Morgan fingerprint density at radius 2 is 2.12 bits per heavy atom. The molecule has 5 heteroatoms. The third-order valence-electron chi connectivity index (χ3n) is 2.80. The van der Waals surface area contributed by atoms with Crippen LogP contribution in [0, 0.1) is 0 Å². The Morgan fingerprint density at radius 1 is 1.56 bits per heavy atom. The van der Waals surface area contributed by atoms with Gasteiger partial charge in [0.15, 0.2) is 0 Å². The Balaban J connectivity index is 2.65. The highest BCUT2D eigenvalue weighted by atomic mass is 16.4. The van der Waals surface area contributed by atoms with E-state index in [9.17, 15) is 9.59 Å². The Hall–Kier alpha value is -1.52. The molecule has 1 rings (SSSR count).